The van der Waals surface area contributed by atoms with E-state index in [4.69, 9.17) is 16.3 Å². The number of amidine groups is 1. The predicted molar refractivity (Wildman–Crippen MR) is 105 cm³/mol. The van der Waals surface area contributed by atoms with Gasteiger partial charge < -0.3 is 10.1 Å². The molecule has 0 saturated heterocycles. The predicted octanol–water partition coefficient (Wildman–Crippen LogP) is 4.31. The van der Waals surface area contributed by atoms with Gasteiger partial charge in [-0.2, -0.15) is 0 Å². The Balaban J connectivity index is 2.09. The zero-order chi connectivity index (χ0) is 19.4. The summed E-state index contributed by atoms with van der Waals surface area (Å²) in [5, 5.41) is 3.51. The quantitative estimate of drug-likeness (QED) is 0.780. The van der Waals surface area contributed by atoms with Crippen LogP contribution in [0.3, 0.4) is 0 Å². The summed E-state index contributed by atoms with van der Waals surface area (Å²) >= 11 is 6.36. The molecule has 2 heterocycles. The van der Waals surface area contributed by atoms with Crippen molar-refractivity contribution in [2.24, 2.45) is 9.98 Å². The van der Waals surface area contributed by atoms with Crippen molar-refractivity contribution < 1.29 is 13.9 Å². The Morgan fingerprint density at radius 2 is 2.19 bits per heavy atom. The highest BCUT2D eigenvalue weighted by atomic mass is 35.5. The fourth-order valence-corrected chi connectivity index (χ4v) is 3.32. The van der Waals surface area contributed by atoms with E-state index in [1.165, 1.54) is 0 Å². The van der Waals surface area contributed by atoms with Gasteiger partial charge in [-0.15, -0.1) is 0 Å². The number of halogens is 2. The second kappa shape index (κ2) is 8.48. The molecule has 2 aliphatic heterocycles. The molecule has 0 bridgehead atoms. The largest absolute Gasteiger partial charge is 0.463 e. The first kappa shape index (κ1) is 19.3. The highest BCUT2D eigenvalue weighted by Gasteiger charge is 2.34. The van der Waals surface area contributed by atoms with Crippen molar-refractivity contribution in [3.05, 3.63) is 58.4 Å². The highest BCUT2D eigenvalue weighted by molar-refractivity contribution is 6.44. The molecule has 142 valence electrons. The van der Waals surface area contributed by atoms with Gasteiger partial charge in [-0.1, -0.05) is 35.9 Å². The van der Waals surface area contributed by atoms with Crippen molar-refractivity contribution in [1.82, 2.24) is 5.32 Å². The topological polar surface area (TPSA) is 63.0 Å². The summed E-state index contributed by atoms with van der Waals surface area (Å²) in [7, 11) is 0. The molecule has 0 aromatic heterocycles. The number of esters is 1. The number of carbonyl (C=O) groups excluding carboxylic acids is 1. The molecular formula is C20H21ClFN3O2. The van der Waals surface area contributed by atoms with Gasteiger partial charge in [0.25, 0.3) is 0 Å². The minimum absolute atomic E-state index is 0.225. The molecular weight excluding hydrogens is 369 g/mol. The van der Waals surface area contributed by atoms with Crippen LogP contribution in [-0.2, 0) is 9.53 Å². The van der Waals surface area contributed by atoms with Crippen molar-refractivity contribution in [2.75, 3.05) is 6.61 Å². The van der Waals surface area contributed by atoms with Gasteiger partial charge in [0, 0.05) is 22.5 Å². The summed E-state index contributed by atoms with van der Waals surface area (Å²) in [6.45, 7) is 3.72. The number of nitrogens with zero attached hydrogens (tertiary/aromatic N) is 2. The van der Waals surface area contributed by atoms with Crippen LogP contribution in [0.5, 0.6) is 0 Å². The van der Waals surface area contributed by atoms with E-state index in [0.717, 1.165) is 0 Å². The molecule has 2 aliphatic rings. The van der Waals surface area contributed by atoms with Crippen LogP contribution in [0, 0.1) is 0 Å². The molecule has 2 atom stereocenters. The maximum absolute atomic E-state index is 14.6. The lowest BCUT2D eigenvalue weighted by Crippen LogP contribution is -2.40. The van der Waals surface area contributed by atoms with E-state index < -0.39 is 18.2 Å². The molecule has 0 spiro atoms. The van der Waals surface area contributed by atoms with Crippen molar-refractivity contribution in [1.29, 1.82) is 0 Å². The maximum Gasteiger partial charge on any atom is 0.338 e. The molecule has 2 unspecified atom stereocenters. The summed E-state index contributed by atoms with van der Waals surface area (Å²) in [6, 6.07) is 6.45. The van der Waals surface area contributed by atoms with Gasteiger partial charge in [-0.05, 0) is 32.8 Å². The Morgan fingerprint density at radius 3 is 2.93 bits per heavy atom. The molecule has 1 aromatic carbocycles. The smallest absolute Gasteiger partial charge is 0.338 e. The standard InChI is InChI=1S/C20H21ClFN3O2/c1-3-27-20(26)16-12(2)24-19(18-15(22)10-6-7-11-23-18)25-17(16)13-8-4-5-9-14(13)21/h4-5,7-9,11,15,17H,3,6,10H2,1-2H3,(H,24,25). The Hall–Kier alpha value is -2.47. The molecule has 0 saturated carbocycles. The van der Waals surface area contributed by atoms with E-state index in [-0.39, 0.29) is 12.3 Å². The van der Waals surface area contributed by atoms with Crippen LogP contribution < -0.4 is 5.32 Å². The number of hydrogen-bond donors (Lipinski definition) is 1. The summed E-state index contributed by atoms with van der Waals surface area (Å²) in [4.78, 5) is 21.4. The fourth-order valence-electron chi connectivity index (χ4n) is 3.08. The highest BCUT2D eigenvalue weighted by Crippen LogP contribution is 2.35. The molecule has 3 rings (SSSR count). The van der Waals surface area contributed by atoms with Crippen molar-refractivity contribution in [3.63, 3.8) is 0 Å². The Morgan fingerprint density at radius 1 is 1.41 bits per heavy atom. The van der Waals surface area contributed by atoms with Gasteiger partial charge in [0.2, 0.25) is 0 Å². The van der Waals surface area contributed by atoms with E-state index in [2.05, 4.69) is 15.3 Å². The Labute approximate surface area is 162 Å². The van der Waals surface area contributed by atoms with Gasteiger partial charge in [0.1, 0.15) is 17.9 Å². The van der Waals surface area contributed by atoms with Crippen molar-refractivity contribution >= 4 is 29.1 Å². The Kier molecular flexibility index (Phi) is 6.06. The second-order valence-electron chi connectivity index (χ2n) is 6.23. The van der Waals surface area contributed by atoms with E-state index in [1.54, 1.807) is 38.2 Å². The van der Waals surface area contributed by atoms with Crippen LogP contribution >= 0.6 is 11.6 Å². The molecule has 27 heavy (non-hydrogen) atoms. The van der Waals surface area contributed by atoms with Crippen molar-refractivity contribution in [2.45, 2.75) is 38.9 Å². The number of ether oxygens (including phenoxy) is 1. The Bertz CT molecular complexity index is 861. The zero-order valence-electron chi connectivity index (χ0n) is 15.2. The van der Waals surface area contributed by atoms with Crippen molar-refractivity contribution in [3.8, 4) is 0 Å². The molecule has 5 nitrogen and oxygen atoms in total. The van der Waals surface area contributed by atoms with Gasteiger partial charge in [0.15, 0.2) is 5.84 Å². The summed E-state index contributed by atoms with van der Waals surface area (Å²) < 4.78 is 19.8. The molecule has 7 heteroatoms. The van der Waals surface area contributed by atoms with Crippen LogP contribution in [0.15, 0.2) is 57.8 Å². The normalized spacial score (nSPS) is 22.5. The number of rotatable bonds is 4. The second-order valence-corrected chi connectivity index (χ2v) is 6.64. The average molecular weight is 390 g/mol. The summed E-state index contributed by atoms with van der Waals surface area (Å²) in [6.07, 6.45) is 3.11. The van der Waals surface area contributed by atoms with E-state index in [9.17, 15) is 9.18 Å². The minimum atomic E-state index is -1.24. The maximum atomic E-state index is 14.6. The van der Waals surface area contributed by atoms with Crippen LogP contribution in [0.25, 0.3) is 0 Å². The number of nitrogens with one attached hydrogen (secondary N) is 1. The lowest BCUT2D eigenvalue weighted by Gasteiger charge is -2.27. The van der Waals surface area contributed by atoms with Gasteiger partial charge in [-0.3, -0.25) is 9.98 Å². The molecule has 0 amide bonds. The SMILES string of the molecule is CCOC(=O)C1=C(C)NC(C2=NC=CCCC2F)=NC1c1ccccc1Cl. The van der Waals surface area contributed by atoms with Crippen LogP contribution in [0.4, 0.5) is 4.39 Å². The molecule has 0 fully saturated rings. The van der Waals surface area contributed by atoms with Gasteiger partial charge in [0.05, 0.1) is 12.2 Å². The number of aliphatic imine (C=N–C) groups is 2. The molecule has 1 aromatic rings. The first-order valence-corrected chi connectivity index (χ1v) is 9.25. The number of carbonyl (C=O) groups is 1. The van der Waals surface area contributed by atoms with Gasteiger partial charge >= 0.3 is 5.97 Å². The molecule has 0 aliphatic carbocycles. The van der Waals surface area contributed by atoms with E-state index in [0.29, 0.717) is 40.5 Å². The summed E-state index contributed by atoms with van der Waals surface area (Å²) in [5.41, 5.74) is 1.78. The van der Waals surface area contributed by atoms with Crippen LogP contribution in [0.1, 0.15) is 38.3 Å². The molecule has 1 N–H and O–H groups in total. The zero-order valence-corrected chi connectivity index (χ0v) is 16.0. The number of allylic oxidation sites excluding steroid dienone is 2. The summed E-state index contributed by atoms with van der Waals surface area (Å²) in [5.74, 6) is -0.167. The third-order valence-corrected chi connectivity index (χ3v) is 4.73. The van der Waals surface area contributed by atoms with E-state index in [1.807, 2.05) is 12.1 Å². The number of benzene rings is 1. The minimum Gasteiger partial charge on any atom is -0.463 e. The number of hydrogen-bond acceptors (Lipinski definition) is 5. The first-order chi connectivity index (χ1) is 13.0. The lowest BCUT2D eigenvalue weighted by molar-refractivity contribution is -0.138. The average Bonchev–Trinajstić information content (AvgIpc) is 2.86. The number of alkyl halides is 1. The first-order valence-electron chi connectivity index (χ1n) is 8.87. The lowest BCUT2D eigenvalue weighted by atomic mass is 9.95. The third-order valence-electron chi connectivity index (χ3n) is 4.38. The van der Waals surface area contributed by atoms with E-state index >= 15 is 0 Å². The third kappa shape index (κ3) is 4.11. The van der Waals surface area contributed by atoms with Gasteiger partial charge in [-0.25, -0.2) is 9.18 Å². The molecule has 0 radical (unpaired) electrons. The fraction of sp³-hybridized carbons (Fsp3) is 0.350. The van der Waals surface area contributed by atoms with Crippen LogP contribution in [0.2, 0.25) is 5.02 Å². The van der Waals surface area contributed by atoms with Crippen LogP contribution in [-0.4, -0.2) is 30.3 Å². The monoisotopic (exact) mass is 389 g/mol.